The van der Waals surface area contributed by atoms with E-state index < -0.39 is 5.91 Å². The molecule has 1 amide bonds. The van der Waals surface area contributed by atoms with Crippen molar-refractivity contribution in [2.45, 2.75) is 0 Å². The Balaban J connectivity index is 2.35. The average molecular weight is 302 g/mol. The molecular weight excluding hydrogens is 290 g/mol. The van der Waals surface area contributed by atoms with Crippen molar-refractivity contribution in [1.82, 2.24) is 0 Å². The Morgan fingerprint density at radius 1 is 1.38 bits per heavy atom. The van der Waals surface area contributed by atoms with Crippen LogP contribution in [-0.4, -0.2) is 13.0 Å². The fourth-order valence-corrected chi connectivity index (χ4v) is 2.01. The van der Waals surface area contributed by atoms with Crippen LogP contribution in [0.25, 0.3) is 0 Å². The molecule has 0 unspecified atom stereocenters. The van der Waals surface area contributed by atoms with E-state index in [1.165, 1.54) is 13.2 Å². The number of methoxy groups -OCH3 is 1. The van der Waals surface area contributed by atoms with E-state index in [0.29, 0.717) is 27.7 Å². The molecule has 0 bridgehead atoms. The maximum absolute atomic E-state index is 12.3. The van der Waals surface area contributed by atoms with Crippen molar-refractivity contribution in [3.05, 3.63) is 52.5 Å². The van der Waals surface area contributed by atoms with E-state index in [0.717, 1.165) is 0 Å². The zero-order valence-corrected chi connectivity index (χ0v) is 11.9. The molecule has 0 heterocycles. The van der Waals surface area contributed by atoms with E-state index >= 15 is 0 Å². The second-order valence-electron chi connectivity index (χ2n) is 4.19. The van der Waals surface area contributed by atoms with Gasteiger partial charge in [-0.25, -0.2) is 0 Å². The minimum atomic E-state index is -0.420. The van der Waals surface area contributed by atoms with Crippen LogP contribution in [0, 0.1) is 11.3 Å². The lowest BCUT2D eigenvalue weighted by Crippen LogP contribution is -2.14. The first kappa shape index (κ1) is 14.7. The van der Waals surface area contributed by atoms with E-state index in [-0.39, 0.29) is 5.56 Å². The van der Waals surface area contributed by atoms with Gasteiger partial charge in [0.25, 0.3) is 5.91 Å². The molecular formula is C15H12ClN3O2. The third-order valence-corrected chi connectivity index (χ3v) is 3.17. The van der Waals surface area contributed by atoms with Gasteiger partial charge >= 0.3 is 0 Å². The third kappa shape index (κ3) is 3.07. The molecule has 2 aromatic rings. The highest BCUT2D eigenvalue weighted by molar-refractivity contribution is 6.34. The second-order valence-corrected chi connectivity index (χ2v) is 4.60. The van der Waals surface area contributed by atoms with Crippen molar-refractivity contribution in [2.75, 3.05) is 18.2 Å². The van der Waals surface area contributed by atoms with Gasteiger partial charge in [-0.2, -0.15) is 5.26 Å². The highest BCUT2D eigenvalue weighted by Gasteiger charge is 2.15. The maximum atomic E-state index is 12.3. The van der Waals surface area contributed by atoms with Crippen molar-refractivity contribution in [3.63, 3.8) is 0 Å². The molecule has 3 N–H and O–H groups in total. The van der Waals surface area contributed by atoms with Gasteiger partial charge in [0.15, 0.2) is 5.75 Å². The van der Waals surface area contributed by atoms with Gasteiger partial charge in [0, 0.05) is 0 Å². The summed E-state index contributed by atoms with van der Waals surface area (Å²) in [6, 6.07) is 11.5. The zero-order chi connectivity index (χ0) is 15.4. The van der Waals surface area contributed by atoms with E-state index in [9.17, 15) is 4.79 Å². The van der Waals surface area contributed by atoms with Crippen molar-refractivity contribution in [2.24, 2.45) is 0 Å². The Labute approximate surface area is 126 Å². The molecule has 21 heavy (non-hydrogen) atoms. The number of nitrogens with two attached hydrogens (primary N) is 1. The molecule has 0 saturated carbocycles. The monoisotopic (exact) mass is 301 g/mol. The molecule has 2 aromatic carbocycles. The summed E-state index contributed by atoms with van der Waals surface area (Å²) in [6.45, 7) is 0. The fraction of sp³-hybridized carbons (Fsp3) is 0.0667. The molecule has 106 valence electrons. The number of amides is 1. The summed E-state index contributed by atoms with van der Waals surface area (Å²) in [4.78, 5) is 12.3. The molecule has 0 atom stereocenters. The lowest BCUT2D eigenvalue weighted by molar-refractivity contribution is 0.102. The summed E-state index contributed by atoms with van der Waals surface area (Å²) in [5.74, 6) is -0.126. The molecule has 2 rings (SSSR count). The molecule has 0 aliphatic rings. The predicted molar refractivity (Wildman–Crippen MR) is 81.5 cm³/mol. The minimum absolute atomic E-state index is 0.288. The molecule has 5 nitrogen and oxygen atoms in total. The van der Waals surface area contributed by atoms with Crippen LogP contribution in [-0.2, 0) is 0 Å². The van der Waals surface area contributed by atoms with Gasteiger partial charge in [-0.1, -0.05) is 17.7 Å². The molecule has 0 fully saturated rings. The molecule has 0 aliphatic carbocycles. The molecule has 0 radical (unpaired) electrons. The highest BCUT2D eigenvalue weighted by atomic mass is 35.5. The topological polar surface area (TPSA) is 88.1 Å². The third-order valence-electron chi connectivity index (χ3n) is 2.84. The van der Waals surface area contributed by atoms with Gasteiger partial charge in [-0.3, -0.25) is 4.79 Å². The van der Waals surface area contributed by atoms with Crippen molar-refractivity contribution < 1.29 is 9.53 Å². The van der Waals surface area contributed by atoms with Gasteiger partial charge in [0.2, 0.25) is 0 Å². The number of para-hydroxylation sites is 1. The summed E-state index contributed by atoms with van der Waals surface area (Å²) in [5.41, 5.74) is 7.16. The van der Waals surface area contributed by atoms with E-state index in [2.05, 4.69) is 5.32 Å². The number of nitrogens with zero attached hydrogens (tertiary/aromatic N) is 1. The number of carbonyl (C=O) groups excluding carboxylic acids is 1. The number of hydrogen-bond acceptors (Lipinski definition) is 4. The zero-order valence-electron chi connectivity index (χ0n) is 11.2. The van der Waals surface area contributed by atoms with Crippen LogP contribution < -0.4 is 15.8 Å². The number of carbonyl (C=O) groups is 1. The lowest BCUT2D eigenvalue weighted by Gasteiger charge is -2.12. The second kappa shape index (κ2) is 6.16. The SMILES string of the molecule is COc1c(N)cccc1C(=O)Nc1cc(C#N)ccc1Cl. The van der Waals surface area contributed by atoms with Crippen LogP contribution in [0.3, 0.4) is 0 Å². The van der Waals surface area contributed by atoms with Gasteiger partial charge in [-0.15, -0.1) is 0 Å². The molecule has 0 spiro atoms. The first-order valence-corrected chi connectivity index (χ1v) is 6.38. The fourth-order valence-electron chi connectivity index (χ4n) is 1.84. The summed E-state index contributed by atoms with van der Waals surface area (Å²) >= 11 is 6.01. The Bertz CT molecular complexity index is 738. The van der Waals surface area contributed by atoms with Gasteiger partial charge < -0.3 is 15.8 Å². The standard InChI is InChI=1S/C15H12ClN3O2/c1-21-14-10(3-2-4-12(14)18)15(20)19-13-7-9(8-17)5-6-11(13)16/h2-7H,18H2,1H3,(H,19,20). The van der Waals surface area contributed by atoms with Crippen molar-refractivity contribution in [1.29, 1.82) is 5.26 Å². The number of nitrogen functional groups attached to an aromatic ring is 1. The summed E-state index contributed by atoms with van der Waals surface area (Å²) < 4.78 is 5.14. The molecule has 0 aliphatic heterocycles. The Kier molecular flexibility index (Phi) is 4.31. The summed E-state index contributed by atoms with van der Waals surface area (Å²) in [6.07, 6.45) is 0. The highest BCUT2D eigenvalue weighted by Crippen LogP contribution is 2.28. The first-order valence-electron chi connectivity index (χ1n) is 6.00. The minimum Gasteiger partial charge on any atom is -0.494 e. The Morgan fingerprint density at radius 3 is 2.81 bits per heavy atom. The number of halogens is 1. The van der Waals surface area contributed by atoms with E-state index in [1.54, 1.807) is 30.3 Å². The van der Waals surface area contributed by atoms with Crippen LogP contribution in [0.1, 0.15) is 15.9 Å². The van der Waals surface area contributed by atoms with Crippen LogP contribution in [0.15, 0.2) is 36.4 Å². The number of rotatable bonds is 3. The number of nitriles is 1. The van der Waals surface area contributed by atoms with Gasteiger partial charge in [0.05, 0.1) is 40.7 Å². The Morgan fingerprint density at radius 2 is 2.14 bits per heavy atom. The number of anilines is 2. The maximum Gasteiger partial charge on any atom is 0.259 e. The number of hydrogen-bond donors (Lipinski definition) is 2. The number of nitrogens with one attached hydrogen (secondary N) is 1. The summed E-state index contributed by atoms with van der Waals surface area (Å²) in [7, 11) is 1.44. The lowest BCUT2D eigenvalue weighted by atomic mass is 10.1. The number of ether oxygens (including phenoxy) is 1. The predicted octanol–water partition coefficient (Wildman–Crippen LogP) is 3.05. The van der Waals surface area contributed by atoms with Crippen LogP contribution in [0.2, 0.25) is 5.02 Å². The molecule has 0 aromatic heterocycles. The van der Waals surface area contributed by atoms with Crippen LogP contribution in [0.5, 0.6) is 5.75 Å². The quantitative estimate of drug-likeness (QED) is 0.853. The first-order chi connectivity index (χ1) is 10.1. The van der Waals surface area contributed by atoms with Gasteiger partial charge in [0.1, 0.15) is 0 Å². The average Bonchev–Trinajstić information content (AvgIpc) is 2.49. The normalized spacial score (nSPS) is 9.76. The van der Waals surface area contributed by atoms with Crippen LogP contribution in [0.4, 0.5) is 11.4 Å². The van der Waals surface area contributed by atoms with Crippen molar-refractivity contribution in [3.8, 4) is 11.8 Å². The van der Waals surface area contributed by atoms with Gasteiger partial charge in [-0.05, 0) is 30.3 Å². The molecule has 6 heteroatoms. The van der Waals surface area contributed by atoms with Crippen molar-refractivity contribution >= 4 is 28.9 Å². The summed E-state index contributed by atoms with van der Waals surface area (Å²) in [5, 5.41) is 11.9. The van der Waals surface area contributed by atoms with Crippen LogP contribution >= 0.6 is 11.6 Å². The largest absolute Gasteiger partial charge is 0.494 e. The number of benzene rings is 2. The smallest absolute Gasteiger partial charge is 0.259 e. The van der Waals surface area contributed by atoms with E-state index in [4.69, 9.17) is 27.3 Å². The van der Waals surface area contributed by atoms with E-state index in [1.807, 2.05) is 6.07 Å². The Hall–Kier alpha value is -2.71. The molecule has 0 saturated heterocycles.